The Hall–Kier alpha value is -3.03. The van der Waals surface area contributed by atoms with Gasteiger partial charge < -0.3 is 4.90 Å². The van der Waals surface area contributed by atoms with Gasteiger partial charge in [0, 0.05) is 25.2 Å². The SMILES string of the molecule is Cc1nn(-c2ccccc2)cc1C(=O)N1CCCC(c2nn[nH]n2)C1. The molecular formula is C17H19N7O. The molecule has 1 atom stereocenters. The fourth-order valence-corrected chi connectivity index (χ4v) is 3.27. The van der Waals surface area contributed by atoms with Crippen molar-refractivity contribution in [1.29, 1.82) is 0 Å². The maximum atomic E-state index is 13.0. The molecule has 1 amide bonds. The predicted molar refractivity (Wildman–Crippen MR) is 90.4 cm³/mol. The highest BCUT2D eigenvalue weighted by Crippen LogP contribution is 2.25. The summed E-state index contributed by atoms with van der Waals surface area (Å²) in [6.45, 7) is 3.21. The molecule has 1 fully saturated rings. The Balaban J connectivity index is 1.55. The summed E-state index contributed by atoms with van der Waals surface area (Å²) in [6.07, 6.45) is 3.70. The molecular weight excluding hydrogens is 318 g/mol. The molecule has 25 heavy (non-hydrogen) atoms. The van der Waals surface area contributed by atoms with E-state index in [0.29, 0.717) is 17.9 Å². The van der Waals surface area contributed by atoms with Crippen molar-refractivity contribution in [3.05, 3.63) is 53.6 Å². The minimum Gasteiger partial charge on any atom is -0.338 e. The summed E-state index contributed by atoms with van der Waals surface area (Å²) in [4.78, 5) is 14.9. The number of amides is 1. The molecule has 0 aliphatic carbocycles. The van der Waals surface area contributed by atoms with Gasteiger partial charge in [-0.3, -0.25) is 4.79 Å². The smallest absolute Gasteiger partial charge is 0.257 e. The lowest BCUT2D eigenvalue weighted by atomic mass is 9.97. The van der Waals surface area contributed by atoms with Gasteiger partial charge in [0.15, 0.2) is 5.82 Å². The third-order valence-corrected chi connectivity index (χ3v) is 4.59. The number of rotatable bonds is 3. The number of carbonyl (C=O) groups excluding carboxylic acids is 1. The van der Waals surface area contributed by atoms with Crippen molar-refractivity contribution in [3.63, 3.8) is 0 Å². The van der Waals surface area contributed by atoms with E-state index in [2.05, 4.69) is 25.7 Å². The second-order valence-electron chi connectivity index (χ2n) is 6.27. The summed E-state index contributed by atoms with van der Waals surface area (Å²) in [5, 5.41) is 18.7. The lowest BCUT2D eigenvalue weighted by molar-refractivity contribution is 0.0704. The number of hydrogen-bond acceptors (Lipinski definition) is 5. The highest BCUT2D eigenvalue weighted by atomic mass is 16.2. The van der Waals surface area contributed by atoms with Crippen molar-refractivity contribution in [2.75, 3.05) is 13.1 Å². The Morgan fingerprint density at radius 1 is 1.28 bits per heavy atom. The first kappa shape index (κ1) is 15.5. The summed E-state index contributed by atoms with van der Waals surface area (Å²) in [7, 11) is 0. The van der Waals surface area contributed by atoms with Gasteiger partial charge in [-0.25, -0.2) is 4.68 Å². The van der Waals surface area contributed by atoms with Crippen molar-refractivity contribution in [2.24, 2.45) is 0 Å². The molecule has 0 bridgehead atoms. The van der Waals surface area contributed by atoms with E-state index < -0.39 is 0 Å². The van der Waals surface area contributed by atoms with Crippen molar-refractivity contribution >= 4 is 5.91 Å². The Kier molecular flexibility index (Phi) is 4.01. The van der Waals surface area contributed by atoms with Crippen LogP contribution in [0.3, 0.4) is 0 Å². The molecule has 0 saturated carbocycles. The van der Waals surface area contributed by atoms with Gasteiger partial charge >= 0.3 is 0 Å². The number of nitrogens with zero attached hydrogens (tertiary/aromatic N) is 6. The molecule has 0 radical (unpaired) electrons. The summed E-state index contributed by atoms with van der Waals surface area (Å²) >= 11 is 0. The standard InChI is InChI=1S/C17H19N7O/c1-12-15(11-24(20-12)14-7-3-2-4-8-14)17(25)23-9-5-6-13(10-23)16-18-21-22-19-16/h2-4,7-8,11,13H,5-6,9-10H2,1H3,(H,18,19,21,22). The first-order valence-corrected chi connectivity index (χ1v) is 8.36. The van der Waals surface area contributed by atoms with Crippen LogP contribution >= 0.6 is 0 Å². The van der Waals surface area contributed by atoms with Crippen LogP contribution in [0.5, 0.6) is 0 Å². The largest absolute Gasteiger partial charge is 0.338 e. The number of hydrogen-bond donors (Lipinski definition) is 1. The minimum atomic E-state index is 0.00729. The third kappa shape index (κ3) is 3.02. The van der Waals surface area contributed by atoms with Crippen molar-refractivity contribution in [3.8, 4) is 5.69 Å². The molecule has 2 aromatic heterocycles. The molecule has 8 heteroatoms. The van der Waals surface area contributed by atoms with Gasteiger partial charge in [0.2, 0.25) is 0 Å². The second-order valence-corrected chi connectivity index (χ2v) is 6.27. The highest BCUT2D eigenvalue weighted by Gasteiger charge is 2.29. The van der Waals surface area contributed by atoms with E-state index in [1.165, 1.54) is 0 Å². The third-order valence-electron chi connectivity index (χ3n) is 4.59. The van der Waals surface area contributed by atoms with Crippen LogP contribution in [0, 0.1) is 6.92 Å². The number of tetrazole rings is 1. The van der Waals surface area contributed by atoms with E-state index in [4.69, 9.17) is 0 Å². The van der Waals surface area contributed by atoms with E-state index in [1.807, 2.05) is 48.4 Å². The van der Waals surface area contributed by atoms with Gasteiger partial charge in [-0.05, 0) is 31.9 Å². The summed E-state index contributed by atoms with van der Waals surface area (Å²) in [5.41, 5.74) is 2.31. The molecule has 1 aliphatic rings. The zero-order valence-electron chi connectivity index (χ0n) is 14.0. The maximum absolute atomic E-state index is 13.0. The number of likely N-dealkylation sites (tertiary alicyclic amines) is 1. The fraction of sp³-hybridized carbons (Fsp3) is 0.353. The summed E-state index contributed by atoms with van der Waals surface area (Å²) in [5.74, 6) is 0.808. The van der Waals surface area contributed by atoms with Gasteiger partial charge in [0.05, 0.1) is 16.9 Å². The lowest BCUT2D eigenvalue weighted by Crippen LogP contribution is -2.39. The van der Waals surface area contributed by atoms with Crippen LogP contribution in [0.4, 0.5) is 0 Å². The van der Waals surface area contributed by atoms with Crippen LogP contribution < -0.4 is 0 Å². The average molecular weight is 337 g/mol. The second kappa shape index (κ2) is 6.46. The zero-order valence-corrected chi connectivity index (χ0v) is 14.0. The lowest BCUT2D eigenvalue weighted by Gasteiger charge is -2.31. The first-order chi connectivity index (χ1) is 12.2. The van der Waals surface area contributed by atoms with Gasteiger partial charge in [-0.15, -0.1) is 10.2 Å². The molecule has 1 N–H and O–H groups in total. The number of piperidine rings is 1. The van der Waals surface area contributed by atoms with Gasteiger partial charge in [0.1, 0.15) is 0 Å². The van der Waals surface area contributed by atoms with Crippen LogP contribution in [0.2, 0.25) is 0 Å². The van der Waals surface area contributed by atoms with Crippen LogP contribution in [-0.2, 0) is 0 Å². The van der Waals surface area contributed by atoms with Crippen molar-refractivity contribution in [1.82, 2.24) is 35.3 Å². The van der Waals surface area contributed by atoms with E-state index in [1.54, 1.807) is 4.68 Å². The molecule has 1 saturated heterocycles. The quantitative estimate of drug-likeness (QED) is 0.785. The van der Waals surface area contributed by atoms with Crippen molar-refractivity contribution < 1.29 is 4.79 Å². The molecule has 1 unspecified atom stereocenters. The summed E-state index contributed by atoms with van der Waals surface area (Å²) < 4.78 is 1.75. The number of para-hydroxylation sites is 1. The molecule has 0 spiro atoms. The number of aromatic amines is 1. The number of nitrogens with one attached hydrogen (secondary N) is 1. The van der Waals surface area contributed by atoms with E-state index in [-0.39, 0.29) is 11.8 Å². The topological polar surface area (TPSA) is 92.6 Å². The monoisotopic (exact) mass is 337 g/mol. The fourth-order valence-electron chi connectivity index (χ4n) is 3.27. The van der Waals surface area contributed by atoms with Gasteiger partial charge in [-0.2, -0.15) is 10.3 Å². The number of aryl methyl sites for hydroxylation is 1. The van der Waals surface area contributed by atoms with E-state index in [9.17, 15) is 4.79 Å². The zero-order chi connectivity index (χ0) is 17.2. The molecule has 3 heterocycles. The molecule has 8 nitrogen and oxygen atoms in total. The van der Waals surface area contributed by atoms with E-state index in [0.717, 1.165) is 30.8 Å². The predicted octanol–water partition coefficient (Wildman–Crippen LogP) is 1.71. The average Bonchev–Trinajstić information content (AvgIpc) is 3.32. The molecule has 3 aromatic rings. The van der Waals surface area contributed by atoms with Crippen LogP contribution in [-0.4, -0.2) is 54.3 Å². The molecule has 4 rings (SSSR count). The van der Waals surface area contributed by atoms with Gasteiger partial charge in [0.25, 0.3) is 5.91 Å². The highest BCUT2D eigenvalue weighted by molar-refractivity contribution is 5.95. The number of carbonyl (C=O) groups is 1. The number of aromatic nitrogens is 6. The van der Waals surface area contributed by atoms with E-state index >= 15 is 0 Å². The Morgan fingerprint density at radius 3 is 2.88 bits per heavy atom. The van der Waals surface area contributed by atoms with Gasteiger partial charge in [-0.1, -0.05) is 23.4 Å². The summed E-state index contributed by atoms with van der Waals surface area (Å²) in [6, 6.07) is 9.79. The Bertz CT molecular complexity index is 857. The first-order valence-electron chi connectivity index (χ1n) is 8.36. The minimum absolute atomic E-state index is 0.00729. The Labute approximate surface area is 144 Å². The van der Waals surface area contributed by atoms with Crippen LogP contribution in [0.1, 0.15) is 40.6 Å². The number of H-pyrrole nitrogens is 1. The van der Waals surface area contributed by atoms with Crippen LogP contribution in [0.25, 0.3) is 5.69 Å². The van der Waals surface area contributed by atoms with Crippen molar-refractivity contribution in [2.45, 2.75) is 25.7 Å². The van der Waals surface area contributed by atoms with Crippen LogP contribution in [0.15, 0.2) is 36.5 Å². The molecule has 1 aromatic carbocycles. The Morgan fingerprint density at radius 2 is 2.12 bits per heavy atom. The number of benzene rings is 1. The maximum Gasteiger partial charge on any atom is 0.257 e. The molecule has 128 valence electrons. The molecule has 1 aliphatic heterocycles. The normalized spacial score (nSPS) is 17.6.